The summed E-state index contributed by atoms with van der Waals surface area (Å²) in [5, 5.41) is 1.28. The van der Waals surface area contributed by atoms with Crippen molar-refractivity contribution in [3.05, 3.63) is 60.3 Å². The van der Waals surface area contributed by atoms with Gasteiger partial charge in [-0.1, -0.05) is 12.1 Å². The Kier molecular flexibility index (Phi) is 3.60. The third kappa shape index (κ3) is 2.74. The van der Waals surface area contributed by atoms with Crippen molar-refractivity contribution in [2.45, 2.75) is 25.3 Å². The predicted octanol–water partition coefficient (Wildman–Crippen LogP) is 3.34. The van der Waals surface area contributed by atoms with Crippen LogP contribution in [0.3, 0.4) is 0 Å². The highest BCUT2D eigenvalue weighted by Crippen LogP contribution is 2.27. The van der Waals surface area contributed by atoms with Crippen molar-refractivity contribution < 1.29 is 0 Å². The van der Waals surface area contributed by atoms with Crippen LogP contribution in [0, 0.1) is 0 Å². The maximum absolute atomic E-state index is 4.45. The maximum Gasteiger partial charge on any atom is 0.0618 e. The van der Waals surface area contributed by atoms with Gasteiger partial charge in [0.15, 0.2) is 0 Å². The van der Waals surface area contributed by atoms with Gasteiger partial charge in [0.2, 0.25) is 0 Å². The van der Waals surface area contributed by atoms with Crippen LogP contribution in [0.25, 0.3) is 10.9 Å². The van der Waals surface area contributed by atoms with E-state index in [2.05, 4.69) is 44.1 Å². The van der Waals surface area contributed by atoms with E-state index >= 15 is 0 Å². The van der Waals surface area contributed by atoms with Gasteiger partial charge in [-0.15, -0.1) is 0 Å². The molecule has 2 aromatic heterocycles. The molecule has 1 aliphatic heterocycles. The number of likely N-dealkylation sites (tertiary alicyclic amines) is 1. The largest absolute Gasteiger partial charge is 0.361 e. The normalized spacial score (nSPS) is 17.1. The van der Waals surface area contributed by atoms with E-state index in [0.29, 0.717) is 5.92 Å². The van der Waals surface area contributed by atoms with E-state index in [1.807, 2.05) is 12.4 Å². The SMILES string of the molecule is c1cnc(C2CCN(Cc3ccc4cc[nH]c4c3)CC2)cn1. The zero-order valence-corrected chi connectivity index (χ0v) is 12.6. The Hall–Kier alpha value is -2.20. The van der Waals surface area contributed by atoms with Crippen molar-refractivity contribution in [1.82, 2.24) is 19.9 Å². The van der Waals surface area contributed by atoms with Crippen LogP contribution in [0.1, 0.15) is 30.0 Å². The number of hydrogen-bond acceptors (Lipinski definition) is 3. The molecule has 0 bridgehead atoms. The molecule has 1 N–H and O–H groups in total. The van der Waals surface area contributed by atoms with E-state index in [-0.39, 0.29) is 0 Å². The van der Waals surface area contributed by atoms with Crippen molar-refractivity contribution in [3.63, 3.8) is 0 Å². The van der Waals surface area contributed by atoms with Crippen LogP contribution in [0.4, 0.5) is 0 Å². The average Bonchev–Trinajstić information content (AvgIpc) is 3.04. The average molecular weight is 292 g/mol. The van der Waals surface area contributed by atoms with Crippen molar-refractivity contribution in [3.8, 4) is 0 Å². The molecule has 22 heavy (non-hydrogen) atoms. The predicted molar refractivity (Wildman–Crippen MR) is 87.6 cm³/mol. The first-order valence-electron chi connectivity index (χ1n) is 7.93. The quantitative estimate of drug-likeness (QED) is 0.805. The van der Waals surface area contributed by atoms with E-state index in [0.717, 1.165) is 25.3 Å². The molecule has 0 amide bonds. The zero-order valence-electron chi connectivity index (χ0n) is 12.6. The van der Waals surface area contributed by atoms with Gasteiger partial charge in [-0.25, -0.2) is 0 Å². The number of aromatic amines is 1. The molecule has 1 aromatic carbocycles. The number of nitrogens with zero attached hydrogens (tertiary/aromatic N) is 3. The van der Waals surface area contributed by atoms with Crippen molar-refractivity contribution in [2.75, 3.05) is 13.1 Å². The highest BCUT2D eigenvalue weighted by molar-refractivity contribution is 5.79. The minimum atomic E-state index is 0.566. The van der Waals surface area contributed by atoms with Crippen LogP contribution in [-0.4, -0.2) is 32.9 Å². The third-order valence-corrected chi connectivity index (χ3v) is 4.61. The summed E-state index contributed by atoms with van der Waals surface area (Å²) in [5.74, 6) is 0.566. The molecular weight excluding hydrogens is 272 g/mol. The molecule has 0 atom stereocenters. The molecule has 1 saturated heterocycles. The van der Waals surface area contributed by atoms with E-state index in [1.54, 1.807) is 12.4 Å². The Balaban J connectivity index is 1.39. The van der Waals surface area contributed by atoms with Gasteiger partial charge in [-0.05, 0) is 49.0 Å². The standard InChI is InChI=1S/C18H20N4/c1-2-15-3-6-20-17(15)11-14(1)13-22-9-4-16(5-10-22)18-12-19-7-8-21-18/h1-3,6-8,11-12,16,20H,4-5,9-10,13H2. The Morgan fingerprint density at radius 2 is 2.05 bits per heavy atom. The molecule has 1 fully saturated rings. The summed E-state index contributed by atoms with van der Waals surface area (Å²) in [7, 11) is 0. The minimum absolute atomic E-state index is 0.566. The lowest BCUT2D eigenvalue weighted by atomic mass is 9.93. The monoisotopic (exact) mass is 292 g/mol. The topological polar surface area (TPSA) is 44.8 Å². The number of H-pyrrole nitrogens is 1. The molecular formula is C18H20N4. The Morgan fingerprint density at radius 3 is 2.86 bits per heavy atom. The number of fused-ring (bicyclic) bond motifs is 1. The lowest BCUT2D eigenvalue weighted by Gasteiger charge is -2.31. The zero-order chi connectivity index (χ0) is 14.8. The summed E-state index contributed by atoms with van der Waals surface area (Å²) in [4.78, 5) is 14.5. The number of hydrogen-bond donors (Lipinski definition) is 1. The molecule has 0 saturated carbocycles. The van der Waals surface area contributed by atoms with Gasteiger partial charge in [-0.3, -0.25) is 14.9 Å². The lowest BCUT2D eigenvalue weighted by molar-refractivity contribution is 0.203. The molecule has 112 valence electrons. The van der Waals surface area contributed by atoms with Gasteiger partial charge >= 0.3 is 0 Å². The molecule has 4 rings (SSSR count). The van der Waals surface area contributed by atoms with E-state index < -0.39 is 0 Å². The van der Waals surface area contributed by atoms with Gasteiger partial charge in [0.25, 0.3) is 0 Å². The molecule has 0 unspecified atom stereocenters. The summed E-state index contributed by atoms with van der Waals surface area (Å²) < 4.78 is 0. The third-order valence-electron chi connectivity index (χ3n) is 4.61. The highest BCUT2D eigenvalue weighted by Gasteiger charge is 2.21. The fourth-order valence-corrected chi connectivity index (χ4v) is 3.36. The van der Waals surface area contributed by atoms with Crippen LogP contribution < -0.4 is 0 Å². The smallest absolute Gasteiger partial charge is 0.0618 e. The number of rotatable bonds is 3. The second kappa shape index (κ2) is 5.89. The van der Waals surface area contributed by atoms with Crippen LogP contribution in [-0.2, 0) is 6.54 Å². The molecule has 0 spiro atoms. The second-order valence-corrected chi connectivity index (χ2v) is 6.08. The number of piperidine rings is 1. The molecule has 0 radical (unpaired) electrons. The molecule has 3 aromatic rings. The first kappa shape index (κ1) is 13.5. The van der Waals surface area contributed by atoms with Crippen LogP contribution >= 0.6 is 0 Å². The van der Waals surface area contributed by atoms with E-state index in [1.165, 1.54) is 29.3 Å². The maximum atomic E-state index is 4.45. The van der Waals surface area contributed by atoms with Crippen molar-refractivity contribution >= 4 is 10.9 Å². The van der Waals surface area contributed by atoms with Gasteiger partial charge in [0.1, 0.15) is 0 Å². The van der Waals surface area contributed by atoms with Gasteiger partial charge in [0, 0.05) is 42.8 Å². The fourth-order valence-electron chi connectivity index (χ4n) is 3.36. The molecule has 1 aliphatic rings. The lowest BCUT2D eigenvalue weighted by Crippen LogP contribution is -2.32. The van der Waals surface area contributed by atoms with Gasteiger partial charge < -0.3 is 4.98 Å². The summed E-state index contributed by atoms with van der Waals surface area (Å²) >= 11 is 0. The first-order chi connectivity index (χ1) is 10.9. The molecule has 4 heteroatoms. The van der Waals surface area contributed by atoms with Crippen molar-refractivity contribution in [2.24, 2.45) is 0 Å². The minimum Gasteiger partial charge on any atom is -0.361 e. The van der Waals surface area contributed by atoms with Crippen molar-refractivity contribution in [1.29, 1.82) is 0 Å². The van der Waals surface area contributed by atoms with Gasteiger partial charge in [-0.2, -0.15) is 0 Å². The van der Waals surface area contributed by atoms with Gasteiger partial charge in [0.05, 0.1) is 5.69 Å². The van der Waals surface area contributed by atoms with Crippen LogP contribution in [0.5, 0.6) is 0 Å². The Morgan fingerprint density at radius 1 is 1.14 bits per heavy atom. The fraction of sp³-hybridized carbons (Fsp3) is 0.333. The molecule has 3 heterocycles. The summed E-state index contributed by atoms with van der Waals surface area (Å²) in [5.41, 5.74) is 3.76. The van der Waals surface area contributed by atoms with E-state index in [9.17, 15) is 0 Å². The van der Waals surface area contributed by atoms with Crippen LogP contribution in [0.2, 0.25) is 0 Å². The number of aromatic nitrogens is 3. The molecule has 4 nitrogen and oxygen atoms in total. The number of benzene rings is 1. The second-order valence-electron chi connectivity index (χ2n) is 6.08. The Bertz CT molecular complexity index is 742. The Labute approximate surface area is 130 Å². The summed E-state index contributed by atoms with van der Waals surface area (Å²) in [6.45, 7) is 3.29. The van der Waals surface area contributed by atoms with E-state index in [4.69, 9.17) is 0 Å². The summed E-state index contributed by atoms with van der Waals surface area (Å²) in [6.07, 6.45) is 9.80. The summed E-state index contributed by atoms with van der Waals surface area (Å²) in [6, 6.07) is 8.83. The van der Waals surface area contributed by atoms with Crippen LogP contribution in [0.15, 0.2) is 49.1 Å². The highest BCUT2D eigenvalue weighted by atomic mass is 15.1. The first-order valence-corrected chi connectivity index (χ1v) is 7.93. The molecule has 0 aliphatic carbocycles. The number of nitrogens with one attached hydrogen (secondary N) is 1.